The summed E-state index contributed by atoms with van der Waals surface area (Å²) in [7, 11) is 0. The van der Waals surface area contributed by atoms with Crippen molar-refractivity contribution in [2.45, 2.75) is 40.3 Å². The van der Waals surface area contributed by atoms with E-state index in [1.807, 2.05) is 30.0 Å². The second-order valence-corrected chi connectivity index (χ2v) is 6.87. The monoisotopic (exact) mass is 342 g/mol. The largest absolute Gasteiger partial charge is 0.336 e. The van der Waals surface area contributed by atoms with Crippen molar-refractivity contribution >= 4 is 16.9 Å². The van der Waals surface area contributed by atoms with Gasteiger partial charge in [-0.1, -0.05) is 0 Å². The lowest BCUT2D eigenvalue weighted by molar-refractivity contribution is 0.0595. The second-order valence-electron chi connectivity index (χ2n) is 6.87. The molecule has 0 atom stereocenters. The number of hydrogen-bond donors (Lipinski definition) is 0. The van der Waals surface area contributed by atoms with Crippen molar-refractivity contribution in [3.05, 3.63) is 39.8 Å². The molecule has 6 nitrogen and oxygen atoms in total. The lowest BCUT2D eigenvalue weighted by atomic mass is 10.1. The van der Waals surface area contributed by atoms with Crippen LogP contribution < -0.4 is 5.56 Å². The van der Waals surface area contributed by atoms with Crippen molar-refractivity contribution in [2.24, 2.45) is 0 Å². The number of piperazine rings is 1. The average molecular weight is 342 g/mol. The fraction of sp³-hybridized carbons (Fsp3) is 0.526. The van der Waals surface area contributed by atoms with Crippen LogP contribution in [0, 0.1) is 6.92 Å². The van der Waals surface area contributed by atoms with E-state index in [4.69, 9.17) is 0 Å². The van der Waals surface area contributed by atoms with E-state index in [9.17, 15) is 9.59 Å². The Morgan fingerprint density at radius 1 is 1.20 bits per heavy atom. The van der Waals surface area contributed by atoms with E-state index >= 15 is 0 Å². The zero-order valence-electron chi connectivity index (χ0n) is 15.5. The highest BCUT2D eigenvalue weighted by atomic mass is 16.2. The number of carbonyl (C=O) groups excluding carboxylic acids is 1. The fourth-order valence-electron chi connectivity index (χ4n) is 3.45. The summed E-state index contributed by atoms with van der Waals surface area (Å²) >= 11 is 0. The van der Waals surface area contributed by atoms with Gasteiger partial charge in [0.2, 0.25) is 0 Å². The van der Waals surface area contributed by atoms with Gasteiger partial charge in [-0.2, -0.15) is 0 Å². The molecule has 0 radical (unpaired) electrons. The maximum Gasteiger partial charge on any atom is 0.272 e. The normalized spacial score (nSPS) is 16.0. The summed E-state index contributed by atoms with van der Waals surface area (Å²) in [6.45, 7) is 11.9. The molecule has 2 heterocycles. The maximum absolute atomic E-state index is 12.8. The lowest BCUT2D eigenvalue weighted by Gasteiger charge is -2.37. The van der Waals surface area contributed by atoms with Gasteiger partial charge in [-0.15, -0.1) is 0 Å². The lowest BCUT2D eigenvalue weighted by Crippen LogP contribution is -2.50. The summed E-state index contributed by atoms with van der Waals surface area (Å²) in [5, 5.41) is 0. The molecular weight excluding hydrogens is 316 g/mol. The number of aryl methyl sites for hydroxylation is 2. The Bertz CT molecular complexity index is 848. The number of amides is 1. The molecule has 1 aromatic carbocycles. The van der Waals surface area contributed by atoms with Crippen LogP contribution in [0.2, 0.25) is 0 Å². The number of fused-ring (bicyclic) bond motifs is 1. The molecule has 0 unspecified atom stereocenters. The first kappa shape index (κ1) is 17.6. The van der Waals surface area contributed by atoms with E-state index in [0.29, 0.717) is 29.4 Å². The van der Waals surface area contributed by atoms with Crippen molar-refractivity contribution in [3.63, 3.8) is 0 Å². The van der Waals surface area contributed by atoms with Gasteiger partial charge in [0.05, 0.1) is 11.0 Å². The molecule has 3 rings (SSSR count). The summed E-state index contributed by atoms with van der Waals surface area (Å²) in [5.41, 5.74) is 2.51. The SMILES string of the molecule is CCn1c(=O)c(C)nc2cc(C(=O)N3CCN(C(C)C)CC3)ccc21. The first-order valence-corrected chi connectivity index (χ1v) is 8.97. The van der Waals surface area contributed by atoms with Crippen LogP contribution in [0.3, 0.4) is 0 Å². The van der Waals surface area contributed by atoms with Gasteiger partial charge in [0.15, 0.2) is 0 Å². The van der Waals surface area contributed by atoms with Crippen molar-refractivity contribution in [1.29, 1.82) is 0 Å². The van der Waals surface area contributed by atoms with Crippen LogP contribution in [0.15, 0.2) is 23.0 Å². The summed E-state index contributed by atoms with van der Waals surface area (Å²) in [5.74, 6) is 0.0407. The van der Waals surface area contributed by atoms with Crippen molar-refractivity contribution in [2.75, 3.05) is 26.2 Å². The van der Waals surface area contributed by atoms with E-state index in [1.54, 1.807) is 11.5 Å². The van der Waals surface area contributed by atoms with Gasteiger partial charge in [0.25, 0.3) is 11.5 Å². The Morgan fingerprint density at radius 3 is 2.48 bits per heavy atom. The van der Waals surface area contributed by atoms with E-state index in [0.717, 1.165) is 31.7 Å². The van der Waals surface area contributed by atoms with Crippen molar-refractivity contribution in [1.82, 2.24) is 19.4 Å². The highest BCUT2D eigenvalue weighted by Gasteiger charge is 2.23. The minimum Gasteiger partial charge on any atom is -0.336 e. The summed E-state index contributed by atoms with van der Waals surface area (Å²) in [6.07, 6.45) is 0. The highest BCUT2D eigenvalue weighted by molar-refractivity contribution is 5.97. The highest BCUT2D eigenvalue weighted by Crippen LogP contribution is 2.16. The van der Waals surface area contributed by atoms with E-state index in [1.165, 1.54) is 0 Å². The minimum atomic E-state index is -0.0705. The summed E-state index contributed by atoms with van der Waals surface area (Å²) in [4.78, 5) is 33.7. The second kappa shape index (κ2) is 6.96. The first-order chi connectivity index (χ1) is 11.9. The Labute approximate surface area is 148 Å². The fourth-order valence-corrected chi connectivity index (χ4v) is 3.45. The number of carbonyl (C=O) groups is 1. The molecule has 0 spiro atoms. The van der Waals surface area contributed by atoms with Gasteiger partial charge in [-0.3, -0.25) is 14.5 Å². The zero-order valence-corrected chi connectivity index (χ0v) is 15.5. The van der Waals surface area contributed by atoms with Gasteiger partial charge >= 0.3 is 0 Å². The molecule has 134 valence electrons. The Kier molecular flexibility index (Phi) is 4.90. The number of benzene rings is 1. The number of aromatic nitrogens is 2. The molecule has 0 N–H and O–H groups in total. The molecular formula is C19H26N4O2. The third kappa shape index (κ3) is 3.31. The van der Waals surface area contributed by atoms with Crippen LogP contribution in [0.1, 0.15) is 36.8 Å². The van der Waals surface area contributed by atoms with Crippen LogP contribution in [-0.4, -0.2) is 57.5 Å². The quantitative estimate of drug-likeness (QED) is 0.855. The third-order valence-corrected chi connectivity index (χ3v) is 5.00. The van der Waals surface area contributed by atoms with Gasteiger partial charge in [-0.05, 0) is 45.9 Å². The summed E-state index contributed by atoms with van der Waals surface area (Å²) in [6, 6.07) is 5.97. The molecule has 6 heteroatoms. The third-order valence-electron chi connectivity index (χ3n) is 5.00. The molecule has 2 aromatic rings. The smallest absolute Gasteiger partial charge is 0.272 e. The van der Waals surface area contributed by atoms with Crippen LogP contribution in [0.5, 0.6) is 0 Å². The van der Waals surface area contributed by atoms with Gasteiger partial charge in [0, 0.05) is 44.3 Å². The molecule has 1 aliphatic rings. The molecule has 1 fully saturated rings. The van der Waals surface area contributed by atoms with E-state index in [-0.39, 0.29) is 11.5 Å². The summed E-state index contributed by atoms with van der Waals surface area (Å²) < 4.78 is 1.70. The predicted molar refractivity (Wildman–Crippen MR) is 99.0 cm³/mol. The standard InChI is InChI=1S/C19H26N4O2/c1-5-23-17-7-6-15(12-16(17)20-14(4)18(23)24)19(25)22-10-8-21(9-11-22)13(2)3/h6-7,12-13H,5,8-11H2,1-4H3. The van der Waals surface area contributed by atoms with Crippen molar-refractivity contribution < 1.29 is 4.79 Å². The van der Waals surface area contributed by atoms with Gasteiger partial charge in [0.1, 0.15) is 5.69 Å². The molecule has 0 bridgehead atoms. The molecule has 1 aromatic heterocycles. The molecule has 0 saturated carbocycles. The van der Waals surface area contributed by atoms with Gasteiger partial charge < -0.3 is 9.47 Å². The Balaban J connectivity index is 1.88. The molecule has 1 amide bonds. The molecule has 25 heavy (non-hydrogen) atoms. The van der Waals surface area contributed by atoms with Crippen LogP contribution in [-0.2, 0) is 6.54 Å². The maximum atomic E-state index is 12.8. The van der Waals surface area contributed by atoms with Crippen LogP contribution in [0.4, 0.5) is 0 Å². The van der Waals surface area contributed by atoms with Crippen molar-refractivity contribution in [3.8, 4) is 0 Å². The van der Waals surface area contributed by atoms with Crippen LogP contribution >= 0.6 is 0 Å². The van der Waals surface area contributed by atoms with E-state index in [2.05, 4.69) is 23.7 Å². The van der Waals surface area contributed by atoms with E-state index < -0.39 is 0 Å². The Hall–Kier alpha value is -2.21. The molecule has 1 aliphatic heterocycles. The zero-order chi connectivity index (χ0) is 18.1. The number of nitrogens with zero attached hydrogens (tertiary/aromatic N) is 4. The average Bonchev–Trinajstić information content (AvgIpc) is 2.62. The minimum absolute atomic E-state index is 0.0407. The molecule has 0 aliphatic carbocycles. The predicted octanol–water partition coefficient (Wildman–Crippen LogP) is 1.89. The first-order valence-electron chi connectivity index (χ1n) is 8.97. The van der Waals surface area contributed by atoms with Crippen LogP contribution in [0.25, 0.3) is 11.0 Å². The Morgan fingerprint density at radius 2 is 1.88 bits per heavy atom. The number of hydrogen-bond acceptors (Lipinski definition) is 4. The number of rotatable bonds is 3. The van der Waals surface area contributed by atoms with Gasteiger partial charge in [-0.25, -0.2) is 4.98 Å². The molecule has 1 saturated heterocycles. The topological polar surface area (TPSA) is 58.4 Å².